The molecule has 6 nitrogen and oxygen atoms in total. The van der Waals surface area contributed by atoms with Gasteiger partial charge >= 0.3 is 5.97 Å². The molecular formula is C22H22FN3O3S. The standard InChI is InChI=1S/C22H22FN3O3S/c1-13-19(21(28)29-3)20(25-22(30)26(13)2)15-6-10-17(11-7-15)24-18(27)12-14-4-8-16(23)9-5-14/h4-11,20H,12H2,1-3H3,(H,24,27)(H,25,30). The van der Waals surface area contributed by atoms with Crippen molar-refractivity contribution in [2.75, 3.05) is 19.5 Å². The lowest BCUT2D eigenvalue weighted by Gasteiger charge is -2.35. The number of halogens is 1. The summed E-state index contributed by atoms with van der Waals surface area (Å²) in [5, 5.41) is 6.47. The predicted octanol–water partition coefficient (Wildman–Crippen LogP) is 3.31. The van der Waals surface area contributed by atoms with E-state index in [-0.39, 0.29) is 18.1 Å². The number of amides is 1. The summed E-state index contributed by atoms with van der Waals surface area (Å²) in [6.07, 6.45) is 0.140. The molecule has 30 heavy (non-hydrogen) atoms. The van der Waals surface area contributed by atoms with E-state index in [1.165, 1.54) is 19.2 Å². The van der Waals surface area contributed by atoms with Gasteiger partial charge in [0.05, 0.1) is 25.1 Å². The third kappa shape index (κ3) is 4.65. The number of hydrogen-bond donors (Lipinski definition) is 2. The van der Waals surface area contributed by atoms with Gasteiger partial charge < -0.3 is 20.3 Å². The number of rotatable bonds is 5. The van der Waals surface area contributed by atoms with Crippen LogP contribution in [0, 0.1) is 5.82 Å². The Morgan fingerprint density at radius 3 is 2.40 bits per heavy atom. The minimum absolute atomic E-state index is 0.140. The van der Waals surface area contributed by atoms with E-state index in [1.54, 1.807) is 36.2 Å². The maximum atomic E-state index is 13.0. The number of nitrogens with zero attached hydrogens (tertiary/aromatic N) is 1. The molecule has 2 aromatic rings. The molecule has 1 atom stereocenters. The molecule has 8 heteroatoms. The van der Waals surface area contributed by atoms with E-state index in [9.17, 15) is 14.0 Å². The van der Waals surface area contributed by atoms with Crippen LogP contribution >= 0.6 is 12.2 Å². The van der Waals surface area contributed by atoms with E-state index >= 15 is 0 Å². The highest BCUT2D eigenvalue weighted by Gasteiger charge is 2.33. The Morgan fingerprint density at radius 1 is 1.17 bits per heavy atom. The topological polar surface area (TPSA) is 70.7 Å². The van der Waals surface area contributed by atoms with Crippen molar-refractivity contribution in [3.05, 3.63) is 76.7 Å². The van der Waals surface area contributed by atoms with Gasteiger partial charge in [-0.2, -0.15) is 0 Å². The van der Waals surface area contributed by atoms with Gasteiger partial charge in [-0.1, -0.05) is 24.3 Å². The summed E-state index contributed by atoms with van der Waals surface area (Å²) >= 11 is 5.36. The molecule has 3 rings (SSSR count). The second kappa shape index (κ2) is 9.04. The summed E-state index contributed by atoms with van der Waals surface area (Å²) in [6, 6.07) is 12.5. The van der Waals surface area contributed by atoms with Crippen molar-refractivity contribution in [1.82, 2.24) is 10.2 Å². The van der Waals surface area contributed by atoms with Crippen LogP contribution in [0.1, 0.15) is 24.1 Å². The van der Waals surface area contributed by atoms with E-state index in [4.69, 9.17) is 17.0 Å². The first-order chi connectivity index (χ1) is 14.3. The Bertz CT molecular complexity index is 1000. The van der Waals surface area contributed by atoms with Crippen LogP contribution in [-0.4, -0.2) is 36.0 Å². The van der Waals surface area contributed by atoms with Crippen LogP contribution in [0.4, 0.5) is 10.1 Å². The van der Waals surface area contributed by atoms with Crippen LogP contribution in [0.3, 0.4) is 0 Å². The molecule has 2 aromatic carbocycles. The summed E-state index contributed by atoms with van der Waals surface area (Å²) in [5.41, 5.74) is 3.33. The Balaban J connectivity index is 1.75. The molecule has 1 heterocycles. The Hall–Kier alpha value is -3.26. The Morgan fingerprint density at radius 2 is 1.80 bits per heavy atom. The van der Waals surface area contributed by atoms with Gasteiger partial charge in [0, 0.05) is 18.4 Å². The largest absolute Gasteiger partial charge is 0.466 e. The van der Waals surface area contributed by atoms with Crippen LogP contribution in [-0.2, 0) is 20.7 Å². The third-order valence-corrected chi connectivity index (χ3v) is 5.36. The molecule has 1 aliphatic rings. The first-order valence-electron chi connectivity index (χ1n) is 9.27. The molecule has 0 saturated carbocycles. The van der Waals surface area contributed by atoms with Gasteiger partial charge in [-0.3, -0.25) is 4.79 Å². The van der Waals surface area contributed by atoms with Crippen molar-refractivity contribution >= 4 is 34.9 Å². The number of esters is 1. The van der Waals surface area contributed by atoms with Crippen LogP contribution in [0.15, 0.2) is 59.8 Å². The number of anilines is 1. The molecule has 0 spiro atoms. The van der Waals surface area contributed by atoms with Gasteiger partial charge in [0.15, 0.2) is 5.11 Å². The lowest BCUT2D eigenvalue weighted by Crippen LogP contribution is -2.46. The van der Waals surface area contributed by atoms with Gasteiger partial charge in [-0.25, -0.2) is 9.18 Å². The van der Waals surface area contributed by atoms with Crippen LogP contribution in [0.5, 0.6) is 0 Å². The Kier molecular flexibility index (Phi) is 6.47. The number of nitrogens with one attached hydrogen (secondary N) is 2. The molecule has 0 bridgehead atoms. The van der Waals surface area contributed by atoms with Gasteiger partial charge in [0.25, 0.3) is 0 Å². The molecule has 2 N–H and O–H groups in total. The van der Waals surface area contributed by atoms with Crippen molar-refractivity contribution in [3.8, 4) is 0 Å². The Labute approximate surface area is 179 Å². The minimum atomic E-state index is -0.454. The number of thiocarbonyl (C=S) groups is 1. The average Bonchev–Trinajstić information content (AvgIpc) is 2.73. The smallest absolute Gasteiger partial charge is 0.337 e. The number of benzene rings is 2. The lowest BCUT2D eigenvalue weighted by molar-refractivity contribution is -0.136. The number of carbonyl (C=O) groups is 2. The highest BCUT2D eigenvalue weighted by Crippen LogP contribution is 2.31. The van der Waals surface area contributed by atoms with Gasteiger partial charge in [-0.15, -0.1) is 0 Å². The number of ether oxygens (including phenoxy) is 1. The maximum Gasteiger partial charge on any atom is 0.337 e. The van der Waals surface area contributed by atoms with Crippen molar-refractivity contribution in [2.24, 2.45) is 0 Å². The fraction of sp³-hybridized carbons (Fsp3) is 0.227. The number of allylic oxidation sites excluding steroid dienone is 1. The maximum absolute atomic E-state index is 13.0. The van der Waals surface area contributed by atoms with Gasteiger partial charge in [0.1, 0.15) is 5.82 Å². The third-order valence-electron chi connectivity index (χ3n) is 4.97. The van der Waals surface area contributed by atoms with Gasteiger partial charge in [0.2, 0.25) is 5.91 Å². The molecule has 0 aliphatic carbocycles. The zero-order valence-corrected chi connectivity index (χ0v) is 17.7. The van der Waals surface area contributed by atoms with E-state index in [0.717, 1.165) is 11.1 Å². The average molecular weight is 428 g/mol. The zero-order valence-electron chi connectivity index (χ0n) is 16.9. The summed E-state index contributed by atoms with van der Waals surface area (Å²) in [6.45, 7) is 1.82. The van der Waals surface area contributed by atoms with E-state index in [0.29, 0.717) is 22.1 Å². The number of methoxy groups -OCH3 is 1. The monoisotopic (exact) mass is 427 g/mol. The SMILES string of the molecule is COC(=O)C1=C(C)N(C)C(=S)NC1c1ccc(NC(=O)Cc2ccc(F)cc2)cc1. The first-order valence-corrected chi connectivity index (χ1v) is 9.68. The van der Waals surface area contributed by atoms with Crippen LogP contribution in [0.2, 0.25) is 0 Å². The van der Waals surface area contributed by atoms with Crippen LogP contribution < -0.4 is 10.6 Å². The summed E-state index contributed by atoms with van der Waals surface area (Å²) in [4.78, 5) is 26.3. The normalized spacial score (nSPS) is 16.2. The van der Waals surface area contributed by atoms with Crippen molar-refractivity contribution in [1.29, 1.82) is 0 Å². The molecule has 0 aromatic heterocycles. The molecule has 156 valence electrons. The lowest BCUT2D eigenvalue weighted by atomic mass is 9.95. The first kappa shape index (κ1) is 21.4. The molecule has 1 amide bonds. The highest BCUT2D eigenvalue weighted by atomic mass is 32.1. The summed E-state index contributed by atoms with van der Waals surface area (Å²) in [7, 11) is 3.12. The quantitative estimate of drug-likeness (QED) is 0.564. The van der Waals surface area contributed by atoms with E-state index in [2.05, 4.69) is 10.6 Å². The summed E-state index contributed by atoms with van der Waals surface area (Å²) < 4.78 is 17.9. The van der Waals surface area contributed by atoms with Crippen molar-refractivity contribution in [3.63, 3.8) is 0 Å². The molecule has 1 aliphatic heterocycles. The second-order valence-corrected chi connectivity index (χ2v) is 7.29. The second-order valence-electron chi connectivity index (χ2n) is 6.91. The molecule has 0 radical (unpaired) electrons. The van der Waals surface area contributed by atoms with E-state index < -0.39 is 12.0 Å². The van der Waals surface area contributed by atoms with Crippen molar-refractivity contribution in [2.45, 2.75) is 19.4 Å². The zero-order chi connectivity index (χ0) is 21.8. The number of carbonyl (C=O) groups excluding carboxylic acids is 2. The number of hydrogen-bond acceptors (Lipinski definition) is 4. The molecular weight excluding hydrogens is 405 g/mol. The molecule has 0 fully saturated rings. The fourth-order valence-electron chi connectivity index (χ4n) is 3.21. The predicted molar refractivity (Wildman–Crippen MR) is 116 cm³/mol. The fourth-order valence-corrected chi connectivity index (χ4v) is 3.47. The summed E-state index contributed by atoms with van der Waals surface area (Å²) in [5.74, 6) is -0.984. The highest BCUT2D eigenvalue weighted by molar-refractivity contribution is 7.80. The van der Waals surface area contributed by atoms with Crippen LogP contribution in [0.25, 0.3) is 0 Å². The minimum Gasteiger partial charge on any atom is -0.466 e. The van der Waals surface area contributed by atoms with Crippen molar-refractivity contribution < 1.29 is 18.7 Å². The van der Waals surface area contributed by atoms with E-state index in [1.807, 2.05) is 19.1 Å². The molecule has 0 saturated heterocycles. The molecule has 1 unspecified atom stereocenters. The van der Waals surface area contributed by atoms with Gasteiger partial charge in [-0.05, 0) is 54.5 Å².